The Bertz CT molecular complexity index is 927. The van der Waals surface area contributed by atoms with Gasteiger partial charge in [0.2, 0.25) is 20.0 Å². The summed E-state index contributed by atoms with van der Waals surface area (Å²) in [5, 5.41) is 0. The van der Waals surface area contributed by atoms with Crippen LogP contribution in [0, 0.1) is 0 Å². The monoisotopic (exact) mass is 606 g/mol. The van der Waals surface area contributed by atoms with Gasteiger partial charge in [-0.15, -0.1) is 0 Å². The van der Waals surface area contributed by atoms with Gasteiger partial charge < -0.3 is 14.2 Å². The molecule has 4 aliphatic rings. The average Bonchev–Trinajstić information content (AvgIpc) is 3.52. The van der Waals surface area contributed by atoms with Crippen molar-refractivity contribution in [1.82, 2.24) is 9.80 Å². The van der Waals surface area contributed by atoms with E-state index in [0.29, 0.717) is 19.6 Å². The predicted octanol–water partition coefficient (Wildman–Crippen LogP) is 4.99. The molecule has 0 aliphatic carbocycles. The zero-order valence-electron chi connectivity index (χ0n) is 18.5. The lowest BCUT2D eigenvalue weighted by Crippen LogP contribution is -2.52. The third-order valence-electron chi connectivity index (χ3n) is 6.53. The summed E-state index contributed by atoms with van der Waals surface area (Å²) >= 11 is 34.9. The molecule has 0 radical (unpaired) electrons. The summed E-state index contributed by atoms with van der Waals surface area (Å²) in [5.74, 6) is -0.636. The summed E-state index contributed by atoms with van der Waals surface area (Å²) in [7, 11) is 0. The van der Waals surface area contributed by atoms with Crippen molar-refractivity contribution in [2.75, 3.05) is 19.7 Å². The molecule has 0 N–H and O–H groups in total. The van der Waals surface area contributed by atoms with Crippen LogP contribution in [0.4, 0.5) is 0 Å². The normalized spacial score (nSPS) is 31.0. The Morgan fingerprint density at radius 1 is 0.943 bits per heavy atom. The van der Waals surface area contributed by atoms with Gasteiger partial charge in [0.25, 0.3) is 0 Å². The molecule has 0 saturated carbocycles. The molecular weight excluding hydrogens is 585 g/mol. The number of hydrogen-bond acceptors (Lipinski definition) is 7. The molecule has 4 aliphatic heterocycles. The van der Waals surface area contributed by atoms with Crippen LogP contribution in [0.2, 0.25) is 0 Å². The summed E-state index contributed by atoms with van der Waals surface area (Å²) in [6, 6.07) is 9.59. The number of carbonyl (C=O) groups is 2. The Kier molecular flexibility index (Phi) is 8.64. The summed E-state index contributed by atoms with van der Waals surface area (Å²) < 4.78 is 12.8. The first kappa shape index (κ1) is 27.8. The molecule has 0 amide bonds. The number of fused-ring (bicyclic) bond motifs is 2. The second-order valence-corrected chi connectivity index (χ2v) is 13.6. The predicted molar refractivity (Wildman–Crippen MR) is 135 cm³/mol. The SMILES string of the molecule is O=C1O[C@H](C(Cl)(Cl)Cl)N2CCC[C@@H]12.O=C1O[C@H](C(Cl)(Cl)Cl)N2CCC[C@@]12COCc1ccccc1. The van der Waals surface area contributed by atoms with E-state index in [1.165, 1.54) is 0 Å². The number of hydrogen-bond donors (Lipinski definition) is 0. The first-order chi connectivity index (χ1) is 16.4. The molecule has 7 nitrogen and oxygen atoms in total. The van der Waals surface area contributed by atoms with Crippen molar-refractivity contribution in [2.24, 2.45) is 0 Å². The molecular formula is C22H24Cl6N2O5. The number of carbonyl (C=O) groups excluding carboxylic acids is 2. The Balaban J connectivity index is 0.000000189. The number of nitrogens with zero attached hydrogens (tertiary/aromatic N) is 2. The van der Waals surface area contributed by atoms with E-state index in [1.807, 2.05) is 40.1 Å². The molecule has 4 fully saturated rings. The lowest BCUT2D eigenvalue weighted by atomic mass is 9.98. The quantitative estimate of drug-likeness (QED) is 0.352. The summed E-state index contributed by atoms with van der Waals surface area (Å²) in [4.78, 5) is 27.3. The second-order valence-electron chi connectivity index (χ2n) is 8.83. The van der Waals surface area contributed by atoms with Crippen LogP contribution in [0.5, 0.6) is 0 Å². The van der Waals surface area contributed by atoms with E-state index in [1.54, 1.807) is 0 Å². The molecule has 13 heteroatoms. The summed E-state index contributed by atoms with van der Waals surface area (Å²) in [6.45, 7) is 2.08. The van der Waals surface area contributed by atoms with Crippen molar-refractivity contribution in [3.8, 4) is 0 Å². The van der Waals surface area contributed by atoms with Crippen molar-refractivity contribution < 1.29 is 23.8 Å². The minimum atomic E-state index is -1.67. The fourth-order valence-corrected chi connectivity index (χ4v) is 5.94. The Labute approximate surface area is 233 Å². The van der Waals surface area contributed by atoms with Gasteiger partial charge in [0.15, 0.2) is 0 Å². The van der Waals surface area contributed by atoms with Gasteiger partial charge in [-0.05, 0) is 31.2 Å². The standard InChI is InChI=1S/C15H16Cl3NO3.C7H8Cl3NO2/c16-15(17,18)12-19-8-4-7-14(19,13(20)22-12)10-21-9-11-5-2-1-3-6-11;8-7(9,10)6-11-3-1-2-4(11)5(12)13-6/h1-3,5-6,12H,4,7-10H2;4,6H,1-3H2/t12-,14-;4-,6+/m10/s1. The van der Waals surface area contributed by atoms with E-state index in [2.05, 4.69) is 0 Å². The van der Waals surface area contributed by atoms with Gasteiger partial charge >= 0.3 is 11.9 Å². The van der Waals surface area contributed by atoms with Crippen LogP contribution in [-0.2, 0) is 30.4 Å². The van der Waals surface area contributed by atoms with Gasteiger partial charge in [-0.1, -0.05) is 99.9 Å². The molecule has 4 atom stereocenters. The van der Waals surface area contributed by atoms with Crippen LogP contribution in [0.3, 0.4) is 0 Å². The van der Waals surface area contributed by atoms with E-state index in [9.17, 15) is 9.59 Å². The zero-order valence-corrected chi connectivity index (χ0v) is 23.0. The highest BCUT2D eigenvalue weighted by Crippen LogP contribution is 2.47. The number of alkyl halides is 6. The van der Waals surface area contributed by atoms with Crippen molar-refractivity contribution >= 4 is 81.5 Å². The van der Waals surface area contributed by atoms with E-state index in [0.717, 1.165) is 31.4 Å². The van der Waals surface area contributed by atoms with E-state index in [-0.39, 0.29) is 24.6 Å². The van der Waals surface area contributed by atoms with Crippen molar-refractivity contribution in [1.29, 1.82) is 0 Å². The molecule has 1 aromatic carbocycles. The third-order valence-corrected chi connectivity index (χ3v) is 7.65. The number of ether oxygens (including phenoxy) is 3. The maximum atomic E-state index is 12.4. The molecule has 1 aromatic rings. The van der Waals surface area contributed by atoms with Gasteiger partial charge in [-0.2, -0.15) is 0 Å². The molecule has 5 rings (SSSR count). The molecule has 0 bridgehead atoms. The van der Waals surface area contributed by atoms with Crippen LogP contribution >= 0.6 is 69.6 Å². The van der Waals surface area contributed by atoms with Gasteiger partial charge in [0, 0.05) is 13.1 Å². The molecule has 4 heterocycles. The molecule has 4 saturated heterocycles. The number of cyclic esters (lactones) is 2. The van der Waals surface area contributed by atoms with Crippen LogP contribution in [0.25, 0.3) is 0 Å². The van der Waals surface area contributed by atoms with Crippen LogP contribution in [-0.4, -0.2) is 73.1 Å². The van der Waals surface area contributed by atoms with Crippen molar-refractivity contribution in [2.45, 2.75) is 63.9 Å². The molecule has 35 heavy (non-hydrogen) atoms. The highest BCUT2D eigenvalue weighted by Gasteiger charge is 2.62. The summed E-state index contributed by atoms with van der Waals surface area (Å²) in [5.41, 5.74) is 0.219. The number of rotatable bonds is 4. The highest BCUT2D eigenvalue weighted by molar-refractivity contribution is 6.68. The van der Waals surface area contributed by atoms with E-state index < -0.39 is 25.6 Å². The number of halogens is 6. The Morgan fingerprint density at radius 2 is 1.63 bits per heavy atom. The largest absolute Gasteiger partial charge is 0.440 e. The molecule has 0 unspecified atom stereocenters. The maximum absolute atomic E-state index is 12.4. The first-order valence-corrected chi connectivity index (χ1v) is 13.4. The number of esters is 2. The fraction of sp³-hybridized carbons (Fsp3) is 0.636. The first-order valence-electron chi connectivity index (χ1n) is 11.1. The highest BCUT2D eigenvalue weighted by atomic mass is 35.6. The maximum Gasteiger partial charge on any atom is 0.330 e. The fourth-order valence-electron chi connectivity index (χ4n) is 4.94. The van der Waals surface area contributed by atoms with Crippen molar-refractivity contribution in [3.63, 3.8) is 0 Å². The smallest absolute Gasteiger partial charge is 0.330 e. The summed E-state index contributed by atoms with van der Waals surface area (Å²) in [6.07, 6.45) is 1.69. The lowest BCUT2D eigenvalue weighted by molar-refractivity contribution is -0.147. The average molecular weight is 609 g/mol. The van der Waals surface area contributed by atoms with Gasteiger partial charge in [0.05, 0.1) is 13.2 Å². The third kappa shape index (κ3) is 5.94. The van der Waals surface area contributed by atoms with Crippen LogP contribution in [0.15, 0.2) is 30.3 Å². The Morgan fingerprint density at radius 3 is 2.29 bits per heavy atom. The molecule has 194 valence electrons. The minimum absolute atomic E-state index is 0.194. The van der Waals surface area contributed by atoms with E-state index >= 15 is 0 Å². The second kappa shape index (κ2) is 10.9. The van der Waals surface area contributed by atoms with Gasteiger partial charge in [-0.3, -0.25) is 9.69 Å². The van der Waals surface area contributed by atoms with Crippen LogP contribution in [0.1, 0.15) is 31.2 Å². The van der Waals surface area contributed by atoms with Crippen molar-refractivity contribution in [3.05, 3.63) is 35.9 Å². The van der Waals surface area contributed by atoms with Crippen LogP contribution < -0.4 is 0 Å². The van der Waals surface area contributed by atoms with E-state index in [4.69, 9.17) is 83.8 Å². The minimum Gasteiger partial charge on any atom is -0.440 e. The van der Waals surface area contributed by atoms with Gasteiger partial charge in [0.1, 0.15) is 11.6 Å². The zero-order chi connectivity index (χ0) is 25.4. The topological polar surface area (TPSA) is 68.3 Å². The molecule has 0 spiro atoms. The lowest BCUT2D eigenvalue weighted by Gasteiger charge is -2.31. The molecule has 0 aromatic heterocycles. The Hall–Kier alpha value is -0.220. The van der Waals surface area contributed by atoms with Gasteiger partial charge in [-0.25, -0.2) is 9.69 Å². The number of benzene rings is 1.